The Morgan fingerprint density at radius 3 is 2.39 bits per heavy atom. The number of nitrogens with zero attached hydrogens (tertiary/aromatic N) is 2. The standard InChI is InChI=1S/C15H19F3N2O3/c16-15(17,18)14(21)9-20-5-3-19(4-6-20)8-11-1-2-12-13(7-11)23-10-22-12/h1-2,7,14,21H,3-6,8-10H2. The molecule has 3 rings (SSSR count). The van der Waals surface area contributed by atoms with Crippen LogP contribution in [0.3, 0.4) is 0 Å². The van der Waals surface area contributed by atoms with E-state index in [0.717, 1.165) is 17.1 Å². The van der Waals surface area contributed by atoms with E-state index in [1.165, 1.54) is 0 Å². The number of piperazine rings is 1. The topological polar surface area (TPSA) is 45.2 Å². The average Bonchev–Trinajstić information content (AvgIpc) is 2.96. The number of hydrogen-bond donors (Lipinski definition) is 1. The van der Waals surface area contributed by atoms with Gasteiger partial charge in [0, 0.05) is 39.3 Å². The number of ether oxygens (including phenoxy) is 2. The zero-order chi connectivity index (χ0) is 16.4. The molecule has 0 radical (unpaired) electrons. The molecule has 128 valence electrons. The minimum Gasteiger partial charge on any atom is -0.454 e. The van der Waals surface area contributed by atoms with E-state index >= 15 is 0 Å². The zero-order valence-electron chi connectivity index (χ0n) is 12.6. The molecular weight excluding hydrogens is 313 g/mol. The van der Waals surface area contributed by atoms with Crippen molar-refractivity contribution in [3.05, 3.63) is 23.8 Å². The maximum absolute atomic E-state index is 12.4. The largest absolute Gasteiger partial charge is 0.454 e. The molecule has 2 aliphatic heterocycles. The molecule has 1 saturated heterocycles. The van der Waals surface area contributed by atoms with Crippen LogP contribution in [0.2, 0.25) is 0 Å². The van der Waals surface area contributed by atoms with Crippen LogP contribution in [0.1, 0.15) is 5.56 Å². The molecule has 0 aromatic heterocycles. The molecule has 1 atom stereocenters. The van der Waals surface area contributed by atoms with Crippen molar-refractivity contribution in [1.82, 2.24) is 9.80 Å². The Bertz CT molecular complexity index is 545. The number of aliphatic hydroxyl groups is 1. The van der Waals surface area contributed by atoms with Gasteiger partial charge in [-0.05, 0) is 17.7 Å². The SMILES string of the molecule is OC(CN1CCN(Cc2ccc3c(c2)OCO3)CC1)C(F)(F)F. The summed E-state index contributed by atoms with van der Waals surface area (Å²) in [5, 5.41) is 9.12. The second kappa shape index (κ2) is 6.54. The van der Waals surface area contributed by atoms with E-state index < -0.39 is 12.3 Å². The van der Waals surface area contributed by atoms with Gasteiger partial charge in [-0.15, -0.1) is 0 Å². The molecule has 23 heavy (non-hydrogen) atoms. The number of aliphatic hydroxyl groups excluding tert-OH is 1. The summed E-state index contributed by atoms with van der Waals surface area (Å²) in [5.74, 6) is 1.47. The highest BCUT2D eigenvalue weighted by Gasteiger charge is 2.39. The van der Waals surface area contributed by atoms with Gasteiger partial charge in [-0.3, -0.25) is 9.80 Å². The minimum absolute atomic E-state index is 0.235. The number of β-amino-alcohol motifs (C(OH)–C–C–N with tert-alkyl or cyclic N) is 1. The van der Waals surface area contributed by atoms with E-state index in [9.17, 15) is 13.2 Å². The third-order valence-electron chi connectivity index (χ3n) is 4.12. The number of rotatable bonds is 4. The fraction of sp³-hybridized carbons (Fsp3) is 0.600. The summed E-state index contributed by atoms with van der Waals surface area (Å²) in [4.78, 5) is 3.82. The van der Waals surface area contributed by atoms with Crippen LogP contribution in [0.15, 0.2) is 18.2 Å². The second-order valence-electron chi connectivity index (χ2n) is 5.82. The van der Waals surface area contributed by atoms with Crippen molar-refractivity contribution in [2.75, 3.05) is 39.5 Å². The van der Waals surface area contributed by atoms with Crippen LogP contribution in [0.5, 0.6) is 11.5 Å². The lowest BCUT2D eigenvalue weighted by molar-refractivity contribution is -0.209. The summed E-state index contributed by atoms with van der Waals surface area (Å²) in [5.41, 5.74) is 1.08. The Kier molecular flexibility index (Phi) is 4.65. The molecule has 0 bridgehead atoms. The molecule has 0 spiro atoms. The summed E-state index contributed by atoms with van der Waals surface area (Å²) in [6.07, 6.45) is -6.83. The van der Waals surface area contributed by atoms with Crippen LogP contribution in [-0.2, 0) is 6.54 Å². The number of hydrogen-bond acceptors (Lipinski definition) is 5. The number of halogens is 3. The monoisotopic (exact) mass is 332 g/mol. The predicted octanol–water partition coefficient (Wildman–Crippen LogP) is 1.46. The first-order valence-electron chi connectivity index (χ1n) is 7.50. The van der Waals surface area contributed by atoms with Crippen molar-refractivity contribution in [3.8, 4) is 11.5 Å². The van der Waals surface area contributed by atoms with E-state index in [1.807, 2.05) is 18.2 Å². The lowest BCUT2D eigenvalue weighted by Gasteiger charge is -2.35. The van der Waals surface area contributed by atoms with Crippen LogP contribution in [0.25, 0.3) is 0 Å². The van der Waals surface area contributed by atoms with E-state index in [2.05, 4.69) is 4.90 Å². The predicted molar refractivity (Wildman–Crippen MR) is 76.3 cm³/mol. The molecule has 1 N–H and O–H groups in total. The molecule has 1 unspecified atom stereocenters. The van der Waals surface area contributed by atoms with Crippen molar-refractivity contribution in [1.29, 1.82) is 0 Å². The van der Waals surface area contributed by atoms with Gasteiger partial charge in [-0.2, -0.15) is 13.2 Å². The van der Waals surface area contributed by atoms with Gasteiger partial charge in [0.05, 0.1) is 0 Å². The van der Waals surface area contributed by atoms with Crippen LogP contribution in [-0.4, -0.2) is 66.7 Å². The van der Waals surface area contributed by atoms with Gasteiger partial charge in [-0.1, -0.05) is 6.07 Å². The molecule has 1 aromatic rings. The number of alkyl halides is 3. The third-order valence-corrected chi connectivity index (χ3v) is 4.12. The summed E-state index contributed by atoms with van der Waals surface area (Å²) in [6, 6.07) is 5.77. The Balaban J connectivity index is 1.48. The molecular formula is C15H19F3N2O3. The van der Waals surface area contributed by atoms with E-state index in [1.54, 1.807) is 4.90 Å². The highest BCUT2D eigenvalue weighted by molar-refractivity contribution is 5.44. The Morgan fingerprint density at radius 2 is 1.70 bits per heavy atom. The summed E-state index contributed by atoms with van der Waals surface area (Å²) < 4.78 is 47.7. The first kappa shape index (κ1) is 16.4. The van der Waals surface area contributed by atoms with Crippen LogP contribution in [0, 0.1) is 0 Å². The van der Waals surface area contributed by atoms with Gasteiger partial charge in [0.2, 0.25) is 6.79 Å². The molecule has 0 saturated carbocycles. The first-order chi connectivity index (χ1) is 10.9. The summed E-state index contributed by atoms with van der Waals surface area (Å²) >= 11 is 0. The Morgan fingerprint density at radius 1 is 1.04 bits per heavy atom. The van der Waals surface area contributed by atoms with Crippen LogP contribution < -0.4 is 9.47 Å². The quantitative estimate of drug-likeness (QED) is 0.904. The van der Waals surface area contributed by atoms with Crippen molar-refractivity contribution in [3.63, 3.8) is 0 Å². The molecule has 2 aliphatic rings. The maximum Gasteiger partial charge on any atom is 0.415 e. The Labute approximate surface area is 132 Å². The van der Waals surface area contributed by atoms with Crippen LogP contribution in [0.4, 0.5) is 13.2 Å². The lowest BCUT2D eigenvalue weighted by atomic mass is 10.1. The highest BCUT2D eigenvalue weighted by Crippen LogP contribution is 2.32. The fourth-order valence-corrected chi connectivity index (χ4v) is 2.78. The molecule has 0 aliphatic carbocycles. The first-order valence-corrected chi connectivity index (χ1v) is 7.50. The highest BCUT2D eigenvalue weighted by atomic mass is 19.4. The zero-order valence-corrected chi connectivity index (χ0v) is 12.6. The summed E-state index contributed by atoms with van der Waals surface area (Å²) in [6.45, 7) is 2.94. The summed E-state index contributed by atoms with van der Waals surface area (Å²) in [7, 11) is 0. The van der Waals surface area contributed by atoms with Crippen molar-refractivity contribution < 1.29 is 27.8 Å². The molecule has 8 heteroatoms. The van der Waals surface area contributed by atoms with E-state index in [-0.39, 0.29) is 13.3 Å². The molecule has 2 heterocycles. The average molecular weight is 332 g/mol. The van der Waals surface area contributed by atoms with Crippen LogP contribution >= 0.6 is 0 Å². The van der Waals surface area contributed by atoms with Gasteiger partial charge < -0.3 is 14.6 Å². The molecule has 1 fully saturated rings. The van der Waals surface area contributed by atoms with E-state index in [0.29, 0.717) is 32.7 Å². The maximum atomic E-state index is 12.4. The lowest BCUT2D eigenvalue weighted by Crippen LogP contribution is -2.50. The van der Waals surface area contributed by atoms with Crippen molar-refractivity contribution in [2.45, 2.75) is 18.8 Å². The smallest absolute Gasteiger partial charge is 0.415 e. The van der Waals surface area contributed by atoms with Gasteiger partial charge in [0.15, 0.2) is 17.6 Å². The van der Waals surface area contributed by atoms with E-state index in [4.69, 9.17) is 14.6 Å². The number of benzene rings is 1. The van der Waals surface area contributed by atoms with Gasteiger partial charge in [0.25, 0.3) is 0 Å². The fourth-order valence-electron chi connectivity index (χ4n) is 2.78. The third kappa shape index (κ3) is 4.07. The second-order valence-corrected chi connectivity index (χ2v) is 5.82. The minimum atomic E-state index is -4.55. The van der Waals surface area contributed by atoms with Gasteiger partial charge in [-0.25, -0.2) is 0 Å². The normalized spacial score (nSPS) is 20.7. The number of fused-ring (bicyclic) bond motifs is 1. The van der Waals surface area contributed by atoms with Gasteiger partial charge >= 0.3 is 6.18 Å². The van der Waals surface area contributed by atoms with Gasteiger partial charge in [0.1, 0.15) is 0 Å². The molecule has 5 nitrogen and oxygen atoms in total. The molecule has 1 aromatic carbocycles. The van der Waals surface area contributed by atoms with Crippen molar-refractivity contribution in [2.24, 2.45) is 0 Å². The molecule has 0 amide bonds. The Hall–Kier alpha value is -1.51. The van der Waals surface area contributed by atoms with Crippen molar-refractivity contribution >= 4 is 0 Å².